The van der Waals surface area contributed by atoms with E-state index in [2.05, 4.69) is 15.5 Å². The Morgan fingerprint density at radius 3 is 2.53 bits per heavy atom. The van der Waals surface area contributed by atoms with E-state index in [1.165, 1.54) is 11.8 Å². The predicted octanol–water partition coefficient (Wildman–Crippen LogP) is 4.32. The molecule has 1 aliphatic rings. The number of aryl methyl sites for hydroxylation is 1. The van der Waals surface area contributed by atoms with Gasteiger partial charge in [0.25, 0.3) is 5.91 Å². The second-order valence-electron chi connectivity index (χ2n) is 8.17. The average Bonchev–Trinajstić information content (AvgIpc) is 3.49. The number of carbonyl (C=O) groups is 2. The fourth-order valence-corrected chi connectivity index (χ4v) is 4.90. The highest BCUT2D eigenvalue weighted by Gasteiger charge is 2.34. The van der Waals surface area contributed by atoms with E-state index in [-0.39, 0.29) is 23.6 Å². The standard InChI is InChI=1S/C25H29N5O3S/c1-4-29-23(21-6-5-15-30(21)24(32)18-9-7-17(2)8-10-18)27-28-25(29)34-16-22(31)26-19-11-13-20(33-3)14-12-19/h7-14,21H,4-6,15-16H2,1-3H3,(H,26,31). The molecule has 4 rings (SSSR count). The number of hydrogen-bond acceptors (Lipinski definition) is 6. The number of nitrogens with zero attached hydrogens (tertiary/aromatic N) is 4. The molecule has 1 fully saturated rings. The van der Waals surface area contributed by atoms with Crippen LogP contribution < -0.4 is 10.1 Å². The molecular formula is C25H29N5O3S. The highest BCUT2D eigenvalue weighted by molar-refractivity contribution is 7.99. The largest absolute Gasteiger partial charge is 0.497 e. The first-order valence-electron chi connectivity index (χ1n) is 11.4. The number of anilines is 1. The normalized spacial score (nSPS) is 15.4. The number of benzene rings is 2. The van der Waals surface area contributed by atoms with Crippen LogP contribution >= 0.6 is 11.8 Å². The number of likely N-dealkylation sites (tertiary alicyclic amines) is 1. The average molecular weight is 480 g/mol. The lowest BCUT2D eigenvalue weighted by Crippen LogP contribution is -2.32. The zero-order valence-corrected chi connectivity index (χ0v) is 20.5. The third-order valence-electron chi connectivity index (χ3n) is 5.88. The third-order valence-corrected chi connectivity index (χ3v) is 6.84. The molecule has 2 aromatic carbocycles. The Kier molecular flexibility index (Phi) is 7.52. The Bertz CT molecular complexity index is 1140. The number of carbonyl (C=O) groups excluding carboxylic acids is 2. The quantitative estimate of drug-likeness (QED) is 0.484. The molecule has 0 radical (unpaired) electrons. The van der Waals surface area contributed by atoms with Gasteiger partial charge in [-0.3, -0.25) is 9.59 Å². The van der Waals surface area contributed by atoms with Crippen molar-refractivity contribution >= 4 is 29.3 Å². The molecule has 9 heteroatoms. The fourth-order valence-electron chi connectivity index (χ4n) is 4.09. The van der Waals surface area contributed by atoms with Gasteiger partial charge in [0, 0.05) is 24.3 Å². The lowest BCUT2D eigenvalue weighted by Gasteiger charge is -2.24. The maximum absolute atomic E-state index is 13.2. The molecule has 0 saturated carbocycles. The molecule has 1 aliphatic heterocycles. The van der Waals surface area contributed by atoms with E-state index in [4.69, 9.17) is 4.74 Å². The van der Waals surface area contributed by atoms with Crippen LogP contribution in [0.5, 0.6) is 5.75 Å². The summed E-state index contributed by atoms with van der Waals surface area (Å²) >= 11 is 1.34. The summed E-state index contributed by atoms with van der Waals surface area (Å²) in [5.74, 6) is 1.61. The monoisotopic (exact) mass is 479 g/mol. The minimum Gasteiger partial charge on any atom is -0.497 e. The van der Waals surface area contributed by atoms with Crippen molar-refractivity contribution in [2.45, 2.75) is 44.4 Å². The second-order valence-corrected chi connectivity index (χ2v) is 9.12. The number of nitrogens with one attached hydrogen (secondary N) is 1. The molecule has 8 nitrogen and oxygen atoms in total. The van der Waals surface area contributed by atoms with Crippen LogP contribution in [0.25, 0.3) is 0 Å². The zero-order valence-electron chi connectivity index (χ0n) is 19.7. The Morgan fingerprint density at radius 1 is 1.12 bits per heavy atom. The van der Waals surface area contributed by atoms with Gasteiger partial charge in [-0.05, 0) is 63.1 Å². The summed E-state index contributed by atoms with van der Waals surface area (Å²) in [6.07, 6.45) is 1.77. The van der Waals surface area contributed by atoms with Crippen LogP contribution in [0.2, 0.25) is 0 Å². The highest BCUT2D eigenvalue weighted by Crippen LogP contribution is 2.34. The van der Waals surface area contributed by atoms with Gasteiger partial charge in [-0.25, -0.2) is 0 Å². The van der Waals surface area contributed by atoms with E-state index in [0.29, 0.717) is 29.5 Å². The van der Waals surface area contributed by atoms with Crippen molar-refractivity contribution in [3.8, 4) is 5.75 Å². The number of thioether (sulfide) groups is 1. The van der Waals surface area contributed by atoms with E-state index in [0.717, 1.165) is 30.0 Å². The van der Waals surface area contributed by atoms with Crippen LogP contribution in [0.3, 0.4) is 0 Å². The van der Waals surface area contributed by atoms with Crippen molar-refractivity contribution in [3.63, 3.8) is 0 Å². The molecule has 178 valence electrons. The molecule has 1 saturated heterocycles. The molecule has 1 N–H and O–H groups in total. The van der Waals surface area contributed by atoms with Gasteiger partial charge in [0.2, 0.25) is 5.91 Å². The van der Waals surface area contributed by atoms with Crippen molar-refractivity contribution in [2.75, 3.05) is 24.7 Å². The summed E-state index contributed by atoms with van der Waals surface area (Å²) in [5, 5.41) is 12.4. The first kappa shape index (κ1) is 23.8. The summed E-state index contributed by atoms with van der Waals surface area (Å²) < 4.78 is 7.15. The summed E-state index contributed by atoms with van der Waals surface area (Å²) in [5.41, 5.74) is 2.52. The topological polar surface area (TPSA) is 89.3 Å². The minimum atomic E-state index is -0.126. The van der Waals surface area contributed by atoms with Crippen molar-refractivity contribution in [2.24, 2.45) is 0 Å². The summed E-state index contributed by atoms with van der Waals surface area (Å²) in [6, 6.07) is 14.7. The molecule has 1 unspecified atom stereocenters. The van der Waals surface area contributed by atoms with Crippen molar-refractivity contribution in [3.05, 3.63) is 65.5 Å². The number of aromatic nitrogens is 3. The number of hydrogen-bond donors (Lipinski definition) is 1. The van der Waals surface area contributed by atoms with E-state index in [1.54, 1.807) is 31.4 Å². The Labute approximate surface area is 203 Å². The van der Waals surface area contributed by atoms with Gasteiger partial charge in [0.05, 0.1) is 18.9 Å². The molecule has 34 heavy (non-hydrogen) atoms. The maximum Gasteiger partial charge on any atom is 0.254 e. The molecule has 1 atom stereocenters. The number of rotatable bonds is 8. The van der Waals surface area contributed by atoms with E-state index in [9.17, 15) is 9.59 Å². The first-order valence-corrected chi connectivity index (χ1v) is 12.4. The fraction of sp³-hybridized carbons (Fsp3) is 0.360. The Hall–Kier alpha value is -3.33. The van der Waals surface area contributed by atoms with Crippen molar-refractivity contribution in [1.82, 2.24) is 19.7 Å². The zero-order chi connectivity index (χ0) is 24.1. The van der Waals surface area contributed by atoms with E-state index >= 15 is 0 Å². The first-order chi connectivity index (χ1) is 16.5. The lowest BCUT2D eigenvalue weighted by molar-refractivity contribution is -0.113. The minimum absolute atomic E-state index is 0.0150. The Balaban J connectivity index is 1.43. The molecule has 2 amide bonds. The summed E-state index contributed by atoms with van der Waals surface area (Å²) in [6.45, 7) is 5.39. The van der Waals surface area contributed by atoms with Gasteiger partial charge in [-0.15, -0.1) is 10.2 Å². The van der Waals surface area contributed by atoms with Crippen LogP contribution in [-0.2, 0) is 11.3 Å². The van der Waals surface area contributed by atoms with Gasteiger partial charge in [0.15, 0.2) is 11.0 Å². The molecule has 0 bridgehead atoms. The van der Waals surface area contributed by atoms with Gasteiger partial charge in [0.1, 0.15) is 5.75 Å². The summed E-state index contributed by atoms with van der Waals surface area (Å²) in [4.78, 5) is 27.5. The predicted molar refractivity (Wildman–Crippen MR) is 132 cm³/mol. The molecule has 1 aromatic heterocycles. The van der Waals surface area contributed by atoms with Gasteiger partial charge in [-0.2, -0.15) is 0 Å². The Morgan fingerprint density at radius 2 is 1.85 bits per heavy atom. The van der Waals surface area contributed by atoms with E-state index in [1.807, 2.05) is 47.6 Å². The SMILES string of the molecule is CCn1c(SCC(=O)Nc2ccc(OC)cc2)nnc1C1CCCN1C(=O)c1ccc(C)cc1. The molecule has 0 spiro atoms. The molecular weight excluding hydrogens is 450 g/mol. The van der Waals surface area contributed by atoms with Crippen molar-refractivity contribution in [1.29, 1.82) is 0 Å². The maximum atomic E-state index is 13.2. The smallest absolute Gasteiger partial charge is 0.254 e. The number of ether oxygens (including phenoxy) is 1. The van der Waals surface area contributed by atoms with Crippen LogP contribution in [-0.4, -0.2) is 50.9 Å². The van der Waals surface area contributed by atoms with E-state index < -0.39 is 0 Å². The van der Waals surface area contributed by atoms with Crippen LogP contribution in [0.4, 0.5) is 5.69 Å². The summed E-state index contributed by atoms with van der Waals surface area (Å²) in [7, 11) is 1.60. The van der Waals surface area contributed by atoms with Gasteiger partial charge >= 0.3 is 0 Å². The molecule has 0 aliphatic carbocycles. The third kappa shape index (κ3) is 5.25. The van der Waals surface area contributed by atoms with Crippen LogP contribution in [0.15, 0.2) is 53.7 Å². The molecule has 3 aromatic rings. The highest BCUT2D eigenvalue weighted by atomic mass is 32.2. The van der Waals surface area contributed by atoms with Crippen molar-refractivity contribution < 1.29 is 14.3 Å². The van der Waals surface area contributed by atoms with Crippen LogP contribution in [0, 0.1) is 6.92 Å². The molecule has 2 heterocycles. The van der Waals surface area contributed by atoms with Gasteiger partial charge < -0.3 is 19.5 Å². The second kappa shape index (κ2) is 10.7. The van der Waals surface area contributed by atoms with Gasteiger partial charge in [-0.1, -0.05) is 29.5 Å². The lowest BCUT2D eigenvalue weighted by atomic mass is 10.1. The number of amides is 2. The number of methoxy groups -OCH3 is 1. The van der Waals surface area contributed by atoms with Crippen LogP contribution in [0.1, 0.15) is 47.6 Å².